The second-order valence-corrected chi connectivity index (χ2v) is 10.6. The summed E-state index contributed by atoms with van der Waals surface area (Å²) in [5.41, 5.74) is 0.141. The van der Waals surface area contributed by atoms with E-state index < -0.39 is 5.60 Å². The Balaban J connectivity index is 1.59. The van der Waals surface area contributed by atoms with E-state index in [1.807, 2.05) is 6.92 Å². The van der Waals surface area contributed by atoms with Crippen molar-refractivity contribution in [3.63, 3.8) is 0 Å². The molecule has 4 saturated carbocycles. The molecule has 0 spiro atoms. The normalized spacial score (nSPS) is 56.4. The molecule has 142 valence electrons. The van der Waals surface area contributed by atoms with Crippen LogP contribution in [-0.2, 0) is 0 Å². The summed E-state index contributed by atoms with van der Waals surface area (Å²) in [6.45, 7) is 10.9. The molecule has 2 N–H and O–H groups in total. The molecule has 0 aliphatic heterocycles. The van der Waals surface area contributed by atoms with Crippen molar-refractivity contribution in [1.82, 2.24) is 0 Å². The molecule has 3 unspecified atom stereocenters. The summed E-state index contributed by atoms with van der Waals surface area (Å²) in [5, 5.41) is 21.1. The quantitative estimate of drug-likeness (QED) is 0.695. The van der Waals surface area contributed by atoms with Gasteiger partial charge in [0.2, 0.25) is 0 Å². The van der Waals surface area contributed by atoms with Crippen LogP contribution in [-0.4, -0.2) is 21.9 Å². The van der Waals surface area contributed by atoms with Crippen molar-refractivity contribution < 1.29 is 10.2 Å². The van der Waals surface area contributed by atoms with Crippen LogP contribution in [0, 0.1) is 40.4 Å². The van der Waals surface area contributed by atoms with Gasteiger partial charge in [0, 0.05) is 0 Å². The lowest BCUT2D eigenvalue weighted by Crippen LogP contribution is -2.56. The fourth-order valence-corrected chi connectivity index (χ4v) is 8.29. The molecule has 0 amide bonds. The predicted octanol–water partition coefficient (Wildman–Crippen LogP) is 4.94. The molecule has 25 heavy (non-hydrogen) atoms. The van der Waals surface area contributed by atoms with Crippen LogP contribution in [0.1, 0.15) is 78.6 Å². The first kappa shape index (κ1) is 18.0. The summed E-state index contributed by atoms with van der Waals surface area (Å²) in [7, 11) is 0. The van der Waals surface area contributed by atoms with Gasteiger partial charge < -0.3 is 10.2 Å². The fourth-order valence-electron chi connectivity index (χ4n) is 8.29. The Morgan fingerprint density at radius 2 is 1.68 bits per heavy atom. The zero-order valence-corrected chi connectivity index (χ0v) is 16.5. The first-order chi connectivity index (χ1) is 11.7. The summed E-state index contributed by atoms with van der Waals surface area (Å²) in [6.07, 6.45) is 12.4. The van der Waals surface area contributed by atoms with E-state index in [4.69, 9.17) is 0 Å². The zero-order chi connectivity index (χ0) is 18.0. The van der Waals surface area contributed by atoms with Crippen LogP contribution in [0.3, 0.4) is 0 Å². The average molecular weight is 347 g/mol. The van der Waals surface area contributed by atoms with Crippen LogP contribution < -0.4 is 0 Å². The number of hydrogen-bond donors (Lipinski definition) is 2. The summed E-state index contributed by atoms with van der Waals surface area (Å²) < 4.78 is 0. The van der Waals surface area contributed by atoms with E-state index >= 15 is 0 Å². The van der Waals surface area contributed by atoms with Gasteiger partial charge >= 0.3 is 0 Å². The Bertz CT molecular complexity index is 542. The molecule has 0 saturated heterocycles. The lowest BCUT2D eigenvalue weighted by molar-refractivity contribution is -0.144. The molecule has 0 aromatic carbocycles. The lowest BCUT2D eigenvalue weighted by Gasteiger charge is -2.62. The lowest BCUT2D eigenvalue weighted by atomic mass is 9.44. The van der Waals surface area contributed by atoms with Crippen molar-refractivity contribution in [3.8, 4) is 0 Å². The van der Waals surface area contributed by atoms with Crippen LogP contribution in [0.25, 0.3) is 0 Å². The summed E-state index contributed by atoms with van der Waals surface area (Å²) in [4.78, 5) is 0. The Hall–Kier alpha value is -0.340. The standard InChI is InChI=1S/C23H38O2/c1-5-23(25)13-12-21(3)16(14-23)6-7-17-19-9-8-18(15(2)24)22(19,4)11-10-20(17)21/h5,15-20,24-25H,1,6-14H2,2-4H3/t15-,16+,17?,18-,19?,20?,21+,22-,23-/m1/s1. The van der Waals surface area contributed by atoms with Crippen LogP contribution in [0.15, 0.2) is 12.7 Å². The number of aliphatic hydroxyl groups is 2. The third-order valence-corrected chi connectivity index (χ3v) is 9.80. The molecule has 4 fully saturated rings. The third kappa shape index (κ3) is 2.50. The van der Waals surface area contributed by atoms with Gasteiger partial charge in [0.15, 0.2) is 0 Å². The fraction of sp³-hybridized carbons (Fsp3) is 0.913. The van der Waals surface area contributed by atoms with Gasteiger partial charge in [-0.05, 0) is 105 Å². The Morgan fingerprint density at radius 3 is 2.36 bits per heavy atom. The van der Waals surface area contributed by atoms with Gasteiger partial charge in [-0.3, -0.25) is 0 Å². The molecule has 9 atom stereocenters. The number of fused-ring (bicyclic) bond motifs is 5. The molecule has 2 nitrogen and oxygen atoms in total. The highest BCUT2D eigenvalue weighted by atomic mass is 16.3. The van der Waals surface area contributed by atoms with E-state index in [-0.39, 0.29) is 6.10 Å². The minimum atomic E-state index is -0.620. The molecule has 4 rings (SSSR count). The summed E-state index contributed by atoms with van der Waals surface area (Å²) in [5.74, 6) is 3.64. The molecular weight excluding hydrogens is 308 g/mol. The van der Waals surface area contributed by atoms with Crippen LogP contribution in [0.2, 0.25) is 0 Å². The van der Waals surface area contributed by atoms with Crippen molar-refractivity contribution in [1.29, 1.82) is 0 Å². The largest absolute Gasteiger partial charge is 0.393 e. The number of aliphatic hydroxyl groups excluding tert-OH is 1. The van der Waals surface area contributed by atoms with Crippen molar-refractivity contribution in [2.75, 3.05) is 0 Å². The van der Waals surface area contributed by atoms with Gasteiger partial charge in [-0.1, -0.05) is 19.9 Å². The molecule has 0 heterocycles. The van der Waals surface area contributed by atoms with Crippen molar-refractivity contribution >= 4 is 0 Å². The van der Waals surface area contributed by atoms with Gasteiger partial charge in [-0.25, -0.2) is 0 Å². The molecule has 0 aromatic rings. The molecule has 2 heteroatoms. The summed E-state index contributed by atoms with van der Waals surface area (Å²) in [6, 6.07) is 0. The Kier molecular flexibility index (Phi) is 4.21. The third-order valence-electron chi connectivity index (χ3n) is 9.80. The van der Waals surface area contributed by atoms with E-state index in [2.05, 4.69) is 20.4 Å². The van der Waals surface area contributed by atoms with E-state index in [0.717, 1.165) is 37.0 Å². The highest BCUT2D eigenvalue weighted by molar-refractivity contribution is 5.12. The minimum absolute atomic E-state index is 0.157. The number of hydrogen-bond acceptors (Lipinski definition) is 2. The van der Waals surface area contributed by atoms with Gasteiger partial charge in [-0.2, -0.15) is 0 Å². The van der Waals surface area contributed by atoms with E-state index in [9.17, 15) is 10.2 Å². The van der Waals surface area contributed by atoms with Gasteiger partial charge in [0.1, 0.15) is 0 Å². The maximum absolute atomic E-state index is 10.8. The second kappa shape index (κ2) is 5.83. The monoisotopic (exact) mass is 346 g/mol. The maximum atomic E-state index is 10.8. The van der Waals surface area contributed by atoms with Crippen molar-refractivity contribution in [3.05, 3.63) is 12.7 Å². The smallest absolute Gasteiger partial charge is 0.0828 e. The van der Waals surface area contributed by atoms with Crippen molar-refractivity contribution in [2.24, 2.45) is 40.4 Å². The average Bonchev–Trinajstić information content (AvgIpc) is 2.93. The van der Waals surface area contributed by atoms with Gasteiger partial charge in [0.05, 0.1) is 11.7 Å². The topological polar surface area (TPSA) is 40.5 Å². The molecule has 0 bridgehead atoms. The highest BCUT2D eigenvalue weighted by Crippen LogP contribution is 2.68. The van der Waals surface area contributed by atoms with Gasteiger partial charge in [0.25, 0.3) is 0 Å². The van der Waals surface area contributed by atoms with Crippen LogP contribution in [0.5, 0.6) is 0 Å². The van der Waals surface area contributed by atoms with Crippen molar-refractivity contribution in [2.45, 2.75) is 90.3 Å². The van der Waals surface area contributed by atoms with E-state index in [0.29, 0.717) is 22.7 Å². The Morgan fingerprint density at radius 1 is 0.960 bits per heavy atom. The molecular formula is C23H38O2. The first-order valence-electron chi connectivity index (χ1n) is 10.8. The molecule has 0 radical (unpaired) electrons. The van der Waals surface area contributed by atoms with E-state index in [1.165, 1.54) is 38.5 Å². The summed E-state index contributed by atoms with van der Waals surface area (Å²) >= 11 is 0. The number of rotatable bonds is 2. The maximum Gasteiger partial charge on any atom is 0.0828 e. The van der Waals surface area contributed by atoms with Crippen LogP contribution in [0.4, 0.5) is 0 Å². The first-order valence-corrected chi connectivity index (χ1v) is 10.8. The second-order valence-electron chi connectivity index (χ2n) is 10.6. The van der Waals surface area contributed by atoms with Crippen LogP contribution >= 0.6 is 0 Å². The van der Waals surface area contributed by atoms with Gasteiger partial charge in [-0.15, -0.1) is 6.58 Å². The Labute approximate surface area is 154 Å². The predicted molar refractivity (Wildman–Crippen MR) is 102 cm³/mol. The molecule has 0 aromatic heterocycles. The van der Waals surface area contributed by atoms with E-state index in [1.54, 1.807) is 6.08 Å². The molecule has 4 aliphatic carbocycles. The highest BCUT2D eigenvalue weighted by Gasteiger charge is 2.61. The SMILES string of the molecule is C=C[C@@]1(O)CC[C@]2(C)C3CC[C@@]4(C)C(CC[C@@H]4[C@@H](C)O)C3CC[C@H]2C1. The minimum Gasteiger partial charge on any atom is -0.393 e. The molecule has 4 aliphatic rings. The zero-order valence-electron chi connectivity index (χ0n) is 16.5.